The Labute approximate surface area is 188 Å². The topological polar surface area (TPSA) is 69.7 Å². The van der Waals surface area contributed by atoms with E-state index in [1.807, 2.05) is 6.92 Å². The number of rotatable bonds is 6. The third kappa shape index (κ3) is 6.02. The smallest absolute Gasteiger partial charge is 0.352 e. The van der Waals surface area contributed by atoms with Gasteiger partial charge in [0.05, 0.1) is 10.5 Å². The Morgan fingerprint density at radius 3 is 2.44 bits per heavy atom. The maximum Gasteiger partial charge on any atom is 0.417 e. The van der Waals surface area contributed by atoms with Crippen LogP contribution < -0.4 is 5.32 Å². The zero-order valence-electron chi connectivity index (χ0n) is 18.6. The summed E-state index contributed by atoms with van der Waals surface area (Å²) in [6.45, 7) is 7.05. The maximum atomic E-state index is 13.3. The predicted molar refractivity (Wildman–Crippen MR) is 115 cm³/mol. The van der Waals surface area contributed by atoms with Crippen molar-refractivity contribution in [2.24, 2.45) is 11.8 Å². The summed E-state index contributed by atoms with van der Waals surface area (Å²) in [5.74, 6) is 0.192. The molecule has 2 fully saturated rings. The lowest BCUT2D eigenvalue weighted by Gasteiger charge is -2.34. The van der Waals surface area contributed by atoms with Gasteiger partial charge in [0.2, 0.25) is 15.9 Å². The molecule has 6 nitrogen and oxygen atoms in total. The number of likely N-dealkylation sites (tertiary alicyclic amines) is 1. The zero-order valence-corrected chi connectivity index (χ0v) is 19.4. The van der Waals surface area contributed by atoms with Gasteiger partial charge in [-0.1, -0.05) is 19.1 Å². The van der Waals surface area contributed by atoms with Crippen molar-refractivity contribution >= 4 is 15.9 Å². The molecule has 2 aliphatic rings. The number of piperidine rings is 2. The van der Waals surface area contributed by atoms with Crippen LogP contribution in [0.2, 0.25) is 0 Å². The van der Waals surface area contributed by atoms with Crippen LogP contribution in [-0.2, 0) is 21.0 Å². The first kappa shape index (κ1) is 25.0. The largest absolute Gasteiger partial charge is 0.417 e. The highest BCUT2D eigenvalue weighted by Gasteiger charge is 2.40. The summed E-state index contributed by atoms with van der Waals surface area (Å²) in [5, 5.41) is 3.03. The van der Waals surface area contributed by atoms with E-state index in [2.05, 4.69) is 17.1 Å². The molecule has 1 amide bonds. The lowest BCUT2D eigenvalue weighted by atomic mass is 9.96. The number of carbonyl (C=O) groups is 1. The van der Waals surface area contributed by atoms with Crippen LogP contribution in [0.15, 0.2) is 29.2 Å². The fourth-order valence-corrected chi connectivity index (χ4v) is 6.35. The molecule has 2 heterocycles. The lowest BCUT2D eigenvalue weighted by molar-refractivity contribution is -0.139. The molecule has 10 heteroatoms. The van der Waals surface area contributed by atoms with Crippen molar-refractivity contribution < 1.29 is 26.4 Å². The van der Waals surface area contributed by atoms with Gasteiger partial charge in [0.15, 0.2) is 0 Å². The molecule has 180 valence electrons. The van der Waals surface area contributed by atoms with Crippen LogP contribution in [0.3, 0.4) is 0 Å². The van der Waals surface area contributed by atoms with E-state index in [-0.39, 0.29) is 43.8 Å². The van der Waals surface area contributed by atoms with Gasteiger partial charge in [-0.15, -0.1) is 0 Å². The number of carbonyl (C=O) groups excluding carboxylic acids is 1. The normalized spacial score (nSPS) is 23.1. The Morgan fingerprint density at radius 1 is 1.16 bits per heavy atom. The van der Waals surface area contributed by atoms with Gasteiger partial charge in [-0.05, 0) is 57.2 Å². The maximum absolute atomic E-state index is 13.3. The summed E-state index contributed by atoms with van der Waals surface area (Å²) in [6, 6.07) is 4.20. The number of hydrogen-bond donors (Lipinski definition) is 1. The van der Waals surface area contributed by atoms with Crippen LogP contribution in [0, 0.1) is 11.8 Å². The van der Waals surface area contributed by atoms with Gasteiger partial charge in [0.1, 0.15) is 0 Å². The summed E-state index contributed by atoms with van der Waals surface area (Å²) < 4.78 is 66.7. The van der Waals surface area contributed by atoms with E-state index in [0.29, 0.717) is 5.92 Å². The van der Waals surface area contributed by atoms with Gasteiger partial charge in [0, 0.05) is 38.1 Å². The molecule has 0 bridgehead atoms. The standard InChI is InChI=1S/C22H32F3N3O3S/c1-16-6-5-11-27(14-16)15-17(2)26-21(29)18-9-12-28(13-10-18)32(30,31)20-8-4-3-7-19(20)22(23,24)25/h3-4,7-8,16-18H,5-6,9-15H2,1-2H3,(H,26,29). The molecule has 2 unspecified atom stereocenters. The first-order valence-corrected chi connectivity index (χ1v) is 12.6. The van der Waals surface area contributed by atoms with Crippen LogP contribution in [0.25, 0.3) is 0 Å². The monoisotopic (exact) mass is 475 g/mol. The van der Waals surface area contributed by atoms with Crippen LogP contribution in [-0.4, -0.2) is 62.3 Å². The number of amides is 1. The van der Waals surface area contributed by atoms with Crippen LogP contribution in [0.1, 0.15) is 45.1 Å². The molecule has 0 saturated carbocycles. The zero-order chi connectivity index (χ0) is 23.5. The minimum absolute atomic E-state index is 0.0185. The van der Waals surface area contributed by atoms with E-state index in [4.69, 9.17) is 0 Å². The van der Waals surface area contributed by atoms with Crippen molar-refractivity contribution in [2.75, 3.05) is 32.7 Å². The SMILES string of the molecule is CC1CCCN(CC(C)NC(=O)C2CCN(S(=O)(=O)c3ccccc3C(F)(F)F)CC2)C1. The molecule has 1 aromatic rings. The average Bonchev–Trinajstić information content (AvgIpc) is 2.73. The van der Waals surface area contributed by atoms with Gasteiger partial charge < -0.3 is 10.2 Å². The molecule has 0 aromatic heterocycles. The Kier molecular flexibility index (Phi) is 7.88. The molecule has 0 spiro atoms. The molecule has 1 N–H and O–H groups in total. The molecular weight excluding hydrogens is 443 g/mol. The van der Waals surface area contributed by atoms with E-state index in [0.717, 1.165) is 42.5 Å². The number of hydrogen-bond acceptors (Lipinski definition) is 4. The van der Waals surface area contributed by atoms with Crippen molar-refractivity contribution in [2.45, 2.75) is 56.6 Å². The summed E-state index contributed by atoms with van der Waals surface area (Å²) in [6.07, 6.45) is -1.80. The lowest BCUT2D eigenvalue weighted by Crippen LogP contribution is -2.48. The molecule has 2 atom stereocenters. The van der Waals surface area contributed by atoms with Crippen molar-refractivity contribution in [3.05, 3.63) is 29.8 Å². The third-order valence-electron chi connectivity index (χ3n) is 6.30. The second kappa shape index (κ2) is 10.1. The quantitative estimate of drug-likeness (QED) is 0.685. The fraction of sp³-hybridized carbons (Fsp3) is 0.682. The van der Waals surface area contributed by atoms with Crippen LogP contribution >= 0.6 is 0 Å². The van der Waals surface area contributed by atoms with Crippen molar-refractivity contribution in [1.82, 2.24) is 14.5 Å². The van der Waals surface area contributed by atoms with Crippen molar-refractivity contribution in [3.63, 3.8) is 0 Å². The summed E-state index contributed by atoms with van der Waals surface area (Å²) in [4.78, 5) is 14.3. The minimum Gasteiger partial charge on any atom is -0.352 e. The van der Waals surface area contributed by atoms with E-state index in [1.165, 1.54) is 18.6 Å². The van der Waals surface area contributed by atoms with Gasteiger partial charge in [-0.25, -0.2) is 8.42 Å². The van der Waals surface area contributed by atoms with Crippen molar-refractivity contribution in [1.29, 1.82) is 0 Å². The molecule has 0 aliphatic carbocycles. The second-order valence-corrected chi connectivity index (χ2v) is 11.0. The molecular formula is C22H32F3N3O3S. The van der Waals surface area contributed by atoms with Gasteiger partial charge in [-0.2, -0.15) is 17.5 Å². The molecule has 2 saturated heterocycles. The summed E-state index contributed by atoms with van der Waals surface area (Å²) in [7, 11) is -4.30. The molecule has 32 heavy (non-hydrogen) atoms. The van der Waals surface area contributed by atoms with Crippen LogP contribution in [0.4, 0.5) is 13.2 Å². The second-order valence-electron chi connectivity index (χ2n) is 9.09. The van der Waals surface area contributed by atoms with Crippen molar-refractivity contribution in [3.8, 4) is 0 Å². The van der Waals surface area contributed by atoms with E-state index in [1.54, 1.807) is 0 Å². The fourth-order valence-electron chi connectivity index (χ4n) is 4.67. The average molecular weight is 476 g/mol. The first-order valence-electron chi connectivity index (χ1n) is 11.2. The summed E-state index contributed by atoms with van der Waals surface area (Å²) >= 11 is 0. The number of halogens is 3. The number of nitrogens with one attached hydrogen (secondary N) is 1. The Bertz CT molecular complexity index is 899. The molecule has 3 rings (SSSR count). The molecule has 0 radical (unpaired) electrons. The van der Waals surface area contributed by atoms with E-state index >= 15 is 0 Å². The Hall–Kier alpha value is -1.65. The van der Waals surface area contributed by atoms with E-state index < -0.39 is 26.7 Å². The molecule has 1 aromatic carbocycles. The number of benzene rings is 1. The molecule has 2 aliphatic heterocycles. The Balaban J connectivity index is 1.56. The van der Waals surface area contributed by atoms with Gasteiger partial charge >= 0.3 is 6.18 Å². The number of nitrogens with zero attached hydrogens (tertiary/aromatic N) is 2. The highest BCUT2D eigenvalue weighted by molar-refractivity contribution is 7.89. The van der Waals surface area contributed by atoms with Gasteiger partial charge in [0.25, 0.3) is 0 Å². The van der Waals surface area contributed by atoms with Gasteiger partial charge in [-0.3, -0.25) is 4.79 Å². The highest BCUT2D eigenvalue weighted by Crippen LogP contribution is 2.36. The third-order valence-corrected chi connectivity index (χ3v) is 8.25. The highest BCUT2D eigenvalue weighted by atomic mass is 32.2. The first-order chi connectivity index (χ1) is 15.0. The summed E-state index contributed by atoms with van der Waals surface area (Å²) in [5.41, 5.74) is -1.17. The predicted octanol–water partition coefficient (Wildman–Crippen LogP) is 3.34. The Morgan fingerprint density at radius 2 is 1.81 bits per heavy atom. The number of alkyl halides is 3. The minimum atomic E-state index is -4.76. The number of sulfonamides is 1. The van der Waals surface area contributed by atoms with E-state index in [9.17, 15) is 26.4 Å². The van der Waals surface area contributed by atoms with Crippen LogP contribution in [0.5, 0.6) is 0 Å².